The predicted octanol–water partition coefficient (Wildman–Crippen LogP) is 3.68. The van der Waals surface area contributed by atoms with Gasteiger partial charge in [-0.25, -0.2) is 0 Å². The van der Waals surface area contributed by atoms with Crippen LogP contribution in [0, 0.1) is 5.92 Å². The highest BCUT2D eigenvalue weighted by Crippen LogP contribution is 2.58. The third-order valence-electron chi connectivity index (χ3n) is 7.59. The molecule has 0 bridgehead atoms. The monoisotopic (exact) mass is 490 g/mol. The second-order valence-corrected chi connectivity index (χ2v) is 9.88. The summed E-state index contributed by atoms with van der Waals surface area (Å²) in [5, 5.41) is 19.5. The number of hydrogen-bond donors (Lipinski definition) is 2. The first kappa shape index (κ1) is 23.4. The molecule has 36 heavy (non-hydrogen) atoms. The van der Waals surface area contributed by atoms with Gasteiger partial charge >= 0.3 is 0 Å². The fourth-order valence-corrected chi connectivity index (χ4v) is 5.79. The quantitative estimate of drug-likeness (QED) is 0.675. The fraction of sp³-hybridized carbons (Fsp3) is 0.414. The van der Waals surface area contributed by atoms with Crippen LogP contribution in [0.1, 0.15) is 48.9 Å². The van der Waals surface area contributed by atoms with Crippen molar-refractivity contribution in [3.8, 4) is 11.5 Å². The van der Waals surface area contributed by atoms with Crippen molar-refractivity contribution >= 4 is 5.78 Å². The summed E-state index contributed by atoms with van der Waals surface area (Å²) < 4.78 is 25.1. The molecule has 2 aromatic rings. The molecule has 2 N–H and O–H groups in total. The second-order valence-electron chi connectivity index (χ2n) is 9.88. The van der Waals surface area contributed by atoms with Crippen LogP contribution < -0.4 is 9.47 Å². The SMILES string of the molecule is CCc1c(O[C@H]2CC(=O)[C@@H](O)[C@@H](CO)O2)ccc2c1OC1=CC(C)CC=C1C21OCc2ccccc21. The van der Waals surface area contributed by atoms with E-state index in [0.717, 1.165) is 40.0 Å². The van der Waals surface area contributed by atoms with E-state index in [1.807, 2.05) is 31.2 Å². The molecule has 2 unspecified atom stereocenters. The third-order valence-corrected chi connectivity index (χ3v) is 7.59. The number of allylic oxidation sites excluding steroid dienone is 2. The lowest BCUT2D eigenvalue weighted by atomic mass is 9.73. The third kappa shape index (κ3) is 3.45. The van der Waals surface area contributed by atoms with Gasteiger partial charge in [0, 0.05) is 16.7 Å². The molecule has 4 aliphatic rings. The smallest absolute Gasteiger partial charge is 0.207 e. The Bertz CT molecular complexity index is 1280. The van der Waals surface area contributed by atoms with Crippen LogP contribution in [-0.4, -0.2) is 41.1 Å². The van der Waals surface area contributed by atoms with Crippen LogP contribution >= 0.6 is 0 Å². The number of fused-ring (bicyclic) bond motifs is 6. The summed E-state index contributed by atoms with van der Waals surface area (Å²) >= 11 is 0. The zero-order chi connectivity index (χ0) is 25.0. The molecule has 6 rings (SSSR count). The Kier molecular flexibility index (Phi) is 5.76. The Morgan fingerprint density at radius 1 is 1.17 bits per heavy atom. The number of aliphatic hydroxyl groups excluding tert-OH is 2. The molecule has 1 fully saturated rings. The predicted molar refractivity (Wildman–Crippen MR) is 130 cm³/mol. The van der Waals surface area contributed by atoms with Crippen LogP contribution in [0.3, 0.4) is 0 Å². The molecular formula is C29H30O7. The number of aliphatic hydroxyl groups is 2. The van der Waals surface area contributed by atoms with E-state index >= 15 is 0 Å². The first-order chi connectivity index (χ1) is 17.5. The summed E-state index contributed by atoms with van der Waals surface area (Å²) in [6.45, 7) is 4.23. The molecule has 1 spiro atoms. The molecule has 2 aromatic carbocycles. The van der Waals surface area contributed by atoms with Crippen molar-refractivity contribution in [1.82, 2.24) is 0 Å². The van der Waals surface area contributed by atoms with Crippen LogP contribution in [0.15, 0.2) is 59.9 Å². The van der Waals surface area contributed by atoms with Crippen molar-refractivity contribution in [2.24, 2.45) is 5.92 Å². The topological polar surface area (TPSA) is 94.5 Å². The van der Waals surface area contributed by atoms with Gasteiger partial charge in [-0.1, -0.05) is 44.2 Å². The van der Waals surface area contributed by atoms with Crippen LogP contribution in [0.4, 0.5) is 0 Å². The molecule has 1 saturated heterocycles. The highest BCUT2D eigenvalue weighted by atomic mass is 16.7. The number of ether oxygens (including phenoxy) is 4. The van der Waals surface area contributed by atoms with Gasteiger partial charge in [0.25, 0.3) is 0 Å². The van der Waals surface area contributed by atoms with E-state index in [0.29, 0.717) is 30.4 Å². The Balaban J connectivity index is 1.46. The number of hydrogen-bond acceptors (Lipinski definition) is 7. The second kappa shape index (κ2) is 8.85. The van der Waals surface area contributed by atoms with Gasteiger partial charge in [-0.2, -0.15) is 0 Å². The molecule has 0 radical (unpaired) electrons. The maximum atomic E-state index is 12.2. The molecule has 0 aromatic heterocycles. The number of carbonyl (C=O) groups is 1. The minimum absolute atomic E-state index is 0.102. The number of Topliss-reactive ketones (excluding diaryl/α,β-unsaturated/α-hetero) is 1. The lowest BCUT2D eigenvalue weighted by Gasteiger charge is -2.42. The molecule has 5 atom stereocenters. The van der Waals surface area contributed by atoms with Crippen molar-refractivity contribution in [3.05, 3.63) is 82.1 Å². The molecule has 188 valence electrons. The minimum atomic E-state index is -1.35. The number of carbonyl (C=O) groups excluding carboxylic acids is 1. The lowest BCUT2D eigenvalue weighted by Crippen LogP contribution is -2.49. The zero-order valence-corrected chi connectivity index (χ0v) is 20.4. The Hall–Kier alpha value is -2.97. The van der Waals surface area contributed by atoms with Crippen molar-refractivity contribution in [2.45, 2.75) is 63.8 Å². The maximum Gasteiger partial charge on any atom is 0.207 e. The van der Waals surface area contributed by atoms with Gasteiger partial charge in [0.05, 0.1) is 19.6 Å². The van der Waals surface area contributed by atoms with Crippen LogP contribution in [0.5, 0.6) is 11.5 Å². The van der Waals surface area contributed by atoms with E-state index in [9.17, 15) is 15.0 Å². The van der Waals surface area contributed by atoms with Crippen LogP contribution in [0.25, 0.3) is 0 Å². The van der Waals surface area contributed by atoms with Gasteiger partial charge in [0.2, 0.25) is 6.29 Å². The Labute approximate surface area is 209 Å². The molecular weight excluding hydrogens is 460 g/mol. The van der Waals surface area contributed by atoms with Crippen molar-refractivity contribution in [2.75, 3.05) is 6.61 Å². The van der Waals surface area contributed by atoms with Gasteiger partial charge in [-0.05, 0) is 48.1 Å². The minimum Gasteiger partial charge on any atom is -0.464 e. The summed E-state index contributed by atoms with van der Waals surface area (Å²) in [6, 6.07) is 12.2. The highest BCUT2D eigenvalue weighted by molar-refractivity contribution is 5.84. The molecule has 7 heteroatoms. The molecule has 0 amide bonds. The molecule has 3 heterocycles. The number of rotatable bonds is 4. The van der Waals surface area contributed by atoms with E-state index in [4.69, 9.17) is 18.9 Å². The lowest BCUT2D eigenvalue weighted by molar-refractivity contribution is -0.197. The number of benzene rings is 2. The summed E-state index contributed by atoms with van der Waals surface area (Å²) in [5.41, 5.74) is 4.33. The van der Waals surface area contributed by atoms with Crippen molar-refractivity contribution in [3.63, 3.8) is 0 Å². The van der Waals surface area contributed by atoms with Crippen molar-refractivity contribution in [1.29, 1.82) is 0 Å². The van der Waals surface area contributed by atoms with E-state index in [-0.39, 0.29) is 6.42 Å². The van der Waals surface area contributed by atoms with Gasteiger partial charge in [-0.3, -0.25) is 4.79 Å². The van der Waals surface area contributed by atoms with Gasteiger partial charge in [0.1, 0.15) is 29.5 Å². The molecule has 3 aliphatic heterocycles. The number of ketones is 1. The maximum absolute atomic E-state index is 12.2. The first-order valence-corrected chi connectivity index (χ1v) is 12.6. The molecule has 0 saturated carbocycles. The van der Waals surface area contributed by atoms with Crippen molar-refractivity contribution < 1.29 is 34.0 Å². The Morgan fingerprint density at radius 2 is 2.00 bits per heavy atom. The van der Waals surface area contributed by atoms with E-state index in [1.165, 1.54) is 0 Å². The highest BCUT2D eigenvalue weighted by Gasteiger charge is 2.52. The summed E-state index contributed by atoms with van der Waals surface area (Å²) in [6.07, 6.45) is 2.56. The van der Waals surface area contributed by atoms with E-state index in [1.54, 1.807) is 0 Å². The van der Waals surface area contributed by atoms with Gasteiger partial charge in [-0.15, -0.1) is 0 Å². The Morgan fingerprint density at radius 3 is 2.81 bits per heavy atom. The normalized spacial score (nSPS) is 30.6. The zero-order valence-electron chi connectivity index (χ0n) is 20.4. The molecule has 1 aliphatic carbocycles. The summed E-state index contributed by atoms with van der Waals surface area (Å²) in [5.74, 6) is 1.97. The average Bonchev–Trinajstić information content (AvgIpc) is 3.26. The largest absolute Gasteiger partial charge is 0.464 e. The molecule has 7 nitrogen and oxygen atoms in total. The average molecular weight is 491 g/mol. The van der Waals surface area contributed by atoms with Gasteiger partial charge < -0.3 is 29.2 Å². The first-order valence-electron chi connectivity index (χ1n) is 12.6. The van der Waals surface area contributed by atoms with E-state index in [2.05, 4.69) is 31.2 Å². The summed E-state index contributed by atoms with van der Waals surface area (Å²) in [4.78, 5) is 12.2. The summed E-state index contributed by atoms with van der Waals surface area (Å²) in [7, 11) is 0. The van der Waals surface area contributed by atoms with Crippen LogP contribution in [0.2, 0.25) is 0 Å². The van der Waals surface area contributed by atoms with Crippen LogP contribution in [-0.2, 0) is 32.9 Å². The van der Waals surface area contributed by atoms with Gasteiger partial charge in [0.15, 0.2) is 11.4 Å². The fourth-order valence-electron chi connectivity index (χ4n) is 5.79. The van der Waals surface area contributed by atoms with E-state index < -0.39 is 36.5 Å². The standard InChI is InChI=1S/C29H30O7/c1-3-18-23(34-26-13-22(31)27(32)25(14-30)35-26)11-10-21-28(18)36-24-12-16(2)8-9-20(24)29(21)19-7-5-4-6-17(19)15-33-29/h4-7,9-12,16,25-27,30,32H,3,8,13-15H2,1-2H3/t16?,25-,26-,27-,29?/m1/s1.